The number of aliphatic carboxylic acids is 1. The summed E-state index contributed by atoms with van der Waals surface area (Å²) in [5, 5.41) is 8.82. The van der Waals surface area contributed by atoms with E-state index in [9.17, 15) is 4.79 Å². The number of carbonyl (C=O) groups is 1. The second kappa shape index (κ2) is 7.88. The number of rotatable bonds is 8. The van der Waals surface area contributed by atoms with Crippen molar-refractivity contribution in [3.63, 3.8) is 0 Å². The van der Waals surface area contributed by atoms with E-state index in [0.29, 0.717) is 12.5 Å². The molecule has 3 heteroatoms. The number of hydrogen-bond acceptors (Lipinski definition) is 2. The van der Waals surface area contributed by atoms with Crippen molar-refractivity contribution in [1.29, 1.82) is 0 Å². The zero-order valence-corrected chi connectivity index (χ0v) is 11.2. The first-order chi connectivity index (χ1) is 8.59. The van der Waals surface area contributed by atoms with Crippen LogP contribution in [-0.2, 0) is 22.6 Å². The minimum absolute atomic E-state index is 0.0610. The van der Waals surface area contributed by atoms with E-state index >= 15 is 0 Å². The zero-order valence-electron chi connectivity index (χ0n) is 11.2. The largest absolute Gasteiger partial charge is 0.481 e. The standard InChI is InChI=1S/C15H22O3/c1-12(2)6-5-9-18-11-14-8-4-3-7-13(14)10-15(16)17/h3-4,7-8,12H,5-6,9-11H2,1-2H3,(H,16,17). The van der Waals surface area contributed by atoms with Gasteiger partial charge in [-0.15, -0.1) is 0 Å². The fourth-order valence-corrected chi connectivity index (χ4v) is 1.81. The van der Waals surface area contributed by atoms with Crippen molar-refractivity contribution < 1.29 is 14.6 Å². The Morgan fingerprint density at radius 2 is 1.94 bits per heavy atom. The predicted octanol–water partition coefficient (Wildman–Crippen LogP) is 3.27. The molecule has 18 heavy (non-hydrogen) atoms. The summed E-state index contributed by atoms with van der Waals surface area (Å²) in [5.41, 5.74) is 1.82. The van der Waals surface area contributed by atoms with Gasteiger partial charge in [0.25, 0.3) is 0 Å². The second-order valence-electron chi connectivity index (χ2n) is 4.93. The highest BCUT2D eigenvalue weighted by molar-refractivity contribution is 5.70. The van der Waals surface area contributed by atoms with Crippen LogP contribution in [0.4, 0.5) is 0 Å². The summed E-state index contributed by atoms with van der Waals surface area (Å²) in [6, 6.07) is 7.56. The van der Waals surface area contributed by atoms with Crippen molar-refractivity contribution in [2.75, 3.05) is 6.61 Å². The van der Waals surface area contributed by atoms with Crippen LogP contribution < -0.4 is 0 Å². The van der Waals surface area contributed by atoms with E-state index < -0.39 is 5.97 Å². The van der Waals surface area contributed by atoms with Crippen LogP contribution in [0.3, 0.4) is 0 Å². The highest BCUT2D eigenvalue weighted by atomic mass is 16.5. The van der Waals surface area contributed by atoms with Crippen LogP contribution in [0.5, 0.6) is 0 Å². The summed E-state index contributed by atoms with van der Waals surface area (Å²) in [6.07, 6.45) is 2.28. The highest BCUT2D eigenvalue weighted by Gasteiger charge is 2.06. The minimum Gasteiger partial charge on any atom is -0.481 e. The number of benzene rings is 1. The van der Waals surface area contributed by atoms with E-state index in [1.807, 2.05) is 24.3 Å². The summed E-state index contributed by atoms with van der Waals surface area (Å²) in [7, 11) is 0. The normalized spacial score (nSPS) is 10.8. The van der Waals surface area contributed by atoms with Crippen molar-refractivity contribution in [2.45, 2.75) is 39.7 Å². The third-order valence-electron chi connectivity index (χ3n) is 2.79. The quantitative estimate of drug-likeness (QED) is 0.720. The van der Waals surface area contributed by atoms with Gasteiger partial charge in [0, 0.05) is 6.61 Å². The Morgan fingerprint density at radius 3 is 2.56 bits per heavy atom. The summed E-state index contributed by atoms with van der Waals surface area (Å²) < 4.78 is 5.60. The van der Waals surface area contributed by atoms with Gasteiger partial charge in [-0.25, -0.2) is 0 Å². The van der Waals surface area contributed by atoms with Crippen molar-refractivity contribution in [3.05, 3.63) is 35.4 Å². The van der Waals surface area contributed by atoms with Crippen molar-refractivity contribution in [1.82, 2.24) is 0 Å². The third-order valence-corrected chi connectivity index (χ3v) is 2.79. The first kappa shape index (κ1) is 14.7. The molecule has 0 fully saturated rings. The monoisotopic (exact) mass is 250 g/mol. The molecule has 1 N–H and O–H groups in total. The van der Waals surface area contributed by atoms with Crippen LogP contribution in [0.1, 0.15) is 37.8 Å². The lowest BCUT2D eigenvalue weighted by molar-refractivity contribution is -0.136. The Bertz CT molecular complexity index is 372. The lowest BCUT2D eigenvalue weighted by atomic mass is 10.1. The zero-order chi connectivity index (χ0) is 13.4. The minimum atomic E-state index is -0.803. The first-order valence-electron chi connectivity index (χ1n) is 6.46. The topological polar surface area (TPSA) is 46.5 Å². The molecule has 0 aliphatic rings. The molecule has 0 heterocycles. The maximum atomic E-state index is 10.7. The summed E-state index contributed by atoms with van der Waals surface area (Å²) in [5.74, 6) is -0.102. The molecule has 0 unspecified atom stereocenters. The molecule has 100 valence electrons. The maximum absolute atomic E-state index is 10.7. The van der Waals surface area contributed by atoms with Crippen molar-refractivity contribution >= 4 is 5.97 Å². The number of carboxylic acid groups (broad SMARTS) is 1. The van der Waals surface area contributed by atoms with Crippen molar-refractivity contribution in [2.24, 2.45) is 5.92 Å². The van der Waals surface area contributed by atoms with E-state index in [4.69, 9.17) is 9.84 Å². The van der Waals surface area contributed by atoms with Gasteiger partial charge in [0.1, 0.15) is 0 Å². The van der Waals surface area contributed by atoms with E-state index in [-0.39, 0.29) is 6.42 Å². The molecule has 0 radical (unpaired) electrons. The van der Waals surface area contributed by atoms with Crippen LogP contribution in [0.2, 0.25) is 0 Å². The van der Waals surface area contributed by atoms with Gasteiger partial charge in [0.05, 0.1) is 13.0 Å². The molecular formula is C15H22O3. The predicted molar refractivity (Wildman–Crippen MR) is 71.5 cm³/mol. The average molecular weight is 250 g/mol. The van der Waals surface area contributed by atoms with Gasteiger partial charge >= 0.3 is 5.97 Å². The molecule has 0 aromatic heterocycles. The van der Waals surface area contributed by atoms with Gasteiger partial charge in [-0.3, -0.25) is 4.79 Å². The van der Waals surface area contributed by atoms with Crippen LogP contribution >= 0.6 is 0 Å². The fourth-order valence-electron chi connectivity index (χ4n) is 1.81. The molecule has 0 saturated heterocycles. The lowest BCUT2D eigenvalue weighted by Gasteiger charge is -2.09. The van der Waals surface area contributed by atoms with Gasteiger partial charge in [0.2, 0.25) is 0 Å². The maximum Gasteiger partial charge on any atom is 0.307 e. The molecule has 1 rings (SSSR count). The fraction of sp³-hybridized carbons (Fsp3) is 0.533. The SMILES string of the molecule is CC(C)CCCOCc1ccccc1CC(=O)O. The van der Waals surface area contributed by atoms with Gasteiger partial charge in [0.15, 0.2) is 0 Å². The van der Waals surface area contributed by atoms with E-state index in [0.717, 1.165) is 30.6 Å². The third kappa shape index (κ3) is 5.82. The first-order valence-corrected chi connectivity index (χ1v) is 6.46. The van der Waals surface area contributed by atoms with E-state index in [2.05, 4.69) is 13.8 Å². The van der Waals surface area contributed by atoms with Crippen LogP contribution in [0.15, 0.2) is 24.3 Å². The van der Waals surface area contributed by atoms with E-state index in [1.165, 1.54) is 0 Å². The molecule has 1 aromatic carbocycles. The summed E-state index contributed by atoms with van der Waals surface area (Å²) >= 11 is 0. The summed E-state index contributed by atoms with van der Waals surface area (Å²) in [6.45, 7) is 5.63. The lowest BCUT2D eigenvalue weighted by Crippen LogP contribution is -2.05. The Hall–Kier alpha value is -1.35. The molecule has 0 saturated carbocycles. The Morgan fingerprint density at radius 1 is 1.28 bits per heavy atom. The molecular weight excluding hydrogens is 228 g/mol. The number of carboxylic acids is 1. The van der Waals surface area contributed by atoms with Crippen molar-refractivity contribution in [3.8, 4) is 0 Å². The second-order valence-corrected chi connectivity index (χ2v) is 4.93. The van der Waals surface area contributed by atoms with Gasteiger partial charge in [-0.1, -0.05) is 38.1 Å². The molecule has 1 aromatic rings. The van der Waals surface area contributed by atoms with Crippen LogP contribution in [-0.4, -0.2) is 17.7 Å². The number of hydrogen-bond donors (Lipinski definition) is 1. The van der Waals surface area contributed by atoms with E-state index in [1.54, 1.807) is 0 Å². The molecule has 0 aliphatic carbocycles. The molecule has 0 amide bonds. The van der Waals surface area contributed by atoms with Gasteiger partial charge in [-0.2, -0.15) is 0 Å². The van der Waals surface area contributed by atoms with Gasteiger partial charge in [-0.05, 0) is 29.9 Å². The Kier molecular flexibility index (Phi) is 6.44. The average Bonchev–Trinajstić information content (AvgIpc) is 2.29. The van der Waals surface area contributed by atoms with Crippen LogP contribution in [0.25, 0.3) is 0 Å². The smallest absolute Gasteiger partial charge is 0.307 e. The Balaban J connectivity index is 2.39. The summed E-state index contributed by atoms with van der Waals surface area (Å²) in [4.78, 5) is 10.7. The van der Waals surface area contributed by atoms with Gasteiger partial charge < -0.3 is 9.84 Å². The van der Waals surface area contributed by atoms with Crippen LogP contribution in [0, 0.1) is 5.92 Å². The number of ether oxygens (including phenoxy) is 1. The molecule has 0 spiro atoms. The molecule has 0 bridgehead atoms. The molecule has 3 nitrogen and oxygen atoms in total. The molecule has 0 aliphatic heterocycles. The molecule has 0 atom stereocenters. The Labute approximate surface area is 109 Å². The highest BCUT2D eigenvalue weighted by Crippen LogP contribution is 2.12.